The van der Waals surface area contributed by atoms with E-state index >= 15 is 0 Å². The molecule has 0 spiro atoms. The number of phenols is 1. The molecule has 0 atom stereocenters. The summed E-state index contributed by atoms with van der Waals surface area (Å²) < 4.78 is 5.77. The second-order valence-electron chi connectivity index (χ2n) is 6.31. The van der Waals surface area contributed by atoms with Crippen LogP contribution < -0.4 is 10.7 Å². The number of anilines is 1. The normalized spacial score (nSPS) is 10.9. The van der Waals surface area contributed by atoms with Gasteiger partial charge in [-0.05, 0) is 42.0 Å². The van der Waals surface area contributed by atoms with Crippen LogP contribution in [0.1, 0.15) is 10.4 Å². The van der Waals surface area contributed by atoms with Crippen molar-refractivity contribution < 1.29 is 24.2 Å². The van der Waals surface area contributed by atoms with Crippen LogP contribution in [0.4, 0.5) is 10.5 Å². The number of fused-ring (bicyclic) bond motifs is 2. The molecule has 0 fully saturated rings. The molecular weight excluding hydrogens is 394 g/mol. The summed E-state index contributed by atoms with van der Waals surface area (Å²) in [6.07, 6.45) is 0. The molecule has 29 heavy (non-hydrogen) atoms. The van der Waals surface area contributed by atoms with Crippen molar-refractivity contribution in [2.24, 2.45) is 0 Å². The third kappa shape index (κ3) is 3.41. The first-order valence-corrected chi connectivity index (χ1v) is 8.85. The van der Waals surface area contributed by atoms with E-state index in [1.165, 1.54) is 30.3 Å². The van der Waals surface area contributed by atoms with Gasteiger partial charge in [-0.1, -0.05) is 18.7 Å². The van der Waals surface area contributed by atoms with Crippen LogP contribution in [0.25, 0.3) is 33.4 Å². The highest BCUT2D eigenvalue weighted by Gasteiger charge is 2.22. The van der Waals surface area contributed by atoms with Gasteiger partial charge in [0.05, 0.1) is 5.56 Å². The summed E-state index contributed by atoms with van der Waals surface area (Å²) in [5.41, 5.74) is 1.68. The van der Waals surface area contributed by atoms with Gasteiger partial charge in [-0.3, -0.25) is 9.59 Å². The van der Waals surface area contributed by atoms with E-state index in [0.29, 0.717) is 27.7 Å². The molecule has 0 radical (unpaired) electrons. The molecule has 8 heteroatoms. The molecule has 3 N–H and O–H groups in total. The van der Waals surface area contributed by atoms with Crippen LogP contribution in [-0.2, 0) is 0 Å². The Morgan fingerprint density at radius 3 is 2.45 bits per heavy atom. The van der Waals surface area contributed by atoms with Crippen molar-refractivity contribution in [1.29, 1.82) is 0 Å². The molecule has 1 aliphatic carbocycles. The van der Waals surface area contributed by atoms with Gasteiger partial charge in [0.25, 0.3) is 5.24 Å². The molecular formula is C21H13NO6S. The van der Waals surface area contributed by atoms with Crippen molar-refractivity contribution in [1.82, 2.24) is 0 Å². The van der Waals surface area contributed by atoms with E-state index in [4.69, 9.17) is 4.42 Å². The SMILES string of the molecule is O=C(S)Nc1ccc(-c2c3ccc(=O)cc-3oc3cc(O)ccc23)c(C(=O)O)c1. The van der Waals surface area contributed by atoms with Crippen molar-refractivity contribution in [3.8, 4) is 28.2 Å². The topological polar surface area (TPSA) is 117 Å². The van der Waals surface area contributed by atoms with Crippen LogP contribution >= 0.6 is 12.6 Å². The Hall–Kier alpha value is -3.78. The molecule has 1 heterocycles. The number of aromatic carboxylic acids is 1. The van der Waals surface area contributed by atoms with Crippen molar-refractivity contribution in [2.45, 2.75) is 0 Å². The summed E-state index contributed by atoms with van der Waals surface area (Å²) in [6, 6.07) is 13.2. The minimum atomic E-state index is -1.20. The second-order valence-corrected chi connectivity index (χ2v) is 6.72. The zero-order chi connectivity index (χ0) is 20.7. The highest BCUT2D eigenvalue weighted by molar-refractivity contribution is 7.96. The van der Waals surface area contributed by atoms with E-state index in [2.05, 4.69) is 17.9 Å². The van der Waals surface area contributed by atoms with Gasteiger partial charge < -0.3 is 19.9 Å². The summed E-state index contributed by atoms with van der Waals surface area (Å²) >= 11 is 3.64. The van der Waals surface area contributed by atoms with Crippen molar-refractivity contribution >= 4 is 40.5 Å². The number of phenolic OH excluding ortho intramolecular Hbond substituents is 1. The smallest absolute Gasteiger partial charge is 0.336 e. The molecule has 0 saturated heterocycles. The number of hydrogen-bond donors (Lipinski definition) is 4. The maximum atomic E-state index is 12.0. The number of nitrogens with one attached hydrogen (secondary N) is 1. The second kappa shape index (κ2) is 6.99. The summed E-state index contributed by atoms with van der Waals surface area (Å²) in [7, 11) is 0. The number of carbonyl (C=O) groups excluding carboxylic acids is 1. The lowest BCUT2D eigenvalue weighted by atomic mass is 9.90. The van der Waals surface area contributed by atoms with Crippen LogP contribution in [0, 0.1) is 0 Å². The van der Waals surface area contributed by atoms with Crippen molar-refractivity contribution in [3.63, 3.8) is 0 Å². The number of carboxylic acids is 1. The Balaban J connectivity index is 2.11. The molecule has 7 nitrogen and oxygen atoms in total. The Labute approximate surface area is 169 Å². The molecule has 0 aromatic heterocycles. The minimum absolute atomic E-state index is 0.0323. The van der Waals surface area contributed by atoms with Crippen LogP contribution in [0.3, 0.4) is 0 Å². The molecule has 2 aliphatic rings. The summed E-state index contributed by atoms with van der Waals surface area (Å²) in [4.78, 5) is 35.0. The molecule has 0 bridgehead atoms. The largest absolute Gasteiger partial charge is 0.508 e. The third-order valence-electron chi connectivity index (χ3n) is 4.45. The van der Waals surface area contributed by atoms with Crippen LogP contribution in [0.5, 0.6) is 5.75 Å². The van der Waals surface area contributed by atoms with Gasteiger partial charge in [0, 0.05) is 34.3 Å². The number of rotatable bonds is 3. The maximum absolute atomic E-state index is 12.0. The lowest BCUT2D eigenvalue weighted by Crippen LogP contribution is -2.06. The number of hydrogen-bond acceptors (Lipinski definition) is 5. The van der Waals surface area contributed by atoms with Crippen molar-refractivity contribution in [2.75, 3.05) is 5.32 Å². The third-order valence-corrected chi connectivity index (χ3v) is 4.56. The van der Waals surface area contributed by atoms with Gasteiger partial charge in [-0.15, -0.1) is 0 Å². The molecule has 1 aliphatic heterocycles. The number of aromatic hydroxyl groups is 1. The van der Waals surface area contributed by atoms with Gasteiger partial charge in [-0.2, -0.15) is 0 Å². The summed E-state index contributed by atoms with van der Waals surface area (Å²) in [5.74, 6) is -0.971. The zero-order valence-corrected chi connectivity index (χ0v) is 15.6. The first-order valence-electron chi connectivity index (χ1n) is 8.41. The lowest BCUT2D eigenvalue weighted by molar-refractivity contribution is 0.0697. The van der Waals surface area contributed by atoms with Crippen LogP contribution in [0.2, 0.25) is 0 Å². The average molecular weight is 407 g/mol. The fraction of sp³-hybridized carbons (Fsp3) is 0. The van der Waals surface area contributed by atoms with E-state index in [9.17, 15) is 24.6 Å². The predicted molar refractivity (Wildman–Crippen MR) is 111 cm³/mol. The minimum Gasteiger partial charge on any atom is -0.508 e. The quantitative estimate of drug-likeness (QED) is 0.295. The van der Waals surface area contributed by atoms with Gasteiger partial charge in [-0.25, -0.2) is 4.79 Å². The highest BCUT2D eigenvalue weighted by atomic mass is 32.1. The predicted octanol–water partition coefficient (Wildman–Crippen LogP) is 4.43. The molecule has 1 amide bonds. The van der Waals surface area contributed by atoms with E-state index in [1.54, 1.807) is 24.3 Å². The fourth-order valence-corrected chi connectivity index (χ4v) is 3.42. The van der Waals surface area contributed by atoms with E-state index in [1.807, 2.05) is 0 Å². The number of carbonyl (C=O) groups is 2. The first-order chi connectivity index (χ1) is 13.8. The van der Waals surface area contributed by atoms with Crippen LogP contribution in [-0.4, -0.2) is 21.4 Å². The van der Waals surface area contributed by atoms with Gasteiger partial charge >= 0.3 is 5.97 Å². The lowest BCUT2D eigenvalue weighted by Gasteiger charge is -2.17. The Morgan fingerprint density at radius 2 is 1.72 bits per heavy atom. The fourth-order valence-electron chi connectivity index (χ4n) is 3.29. The van der Waals surface area contributed by atoms with Gasteiger partial charge in [0.15, 0.2) is 5.43 Å². The molecule has 144 valence electrons. The van der Waals surface area contributed by atoms with E-state index in [-0.39, 0.29) is 28.2 Å². The molecule has 4 rings (SSSR count). The van der Waals surface area contributed by atoms with E-state index < -0.39 is 11.2 Å². The summed E-state index contributed by atoms with van der Waals surface area (Å²) in [5, 5.41) is 22.0. The number of thiol groups is 1. The number of benzene rings is 3. The standard InChI is InChI=1S/C21H13NO6S/c23-11-2-5-14-17(8-11)28-18-9-12(24)3-6-15(18)19(14)13-4-1-10(22-21(27)29)7-16(13)20(25)26/h1-9,23H,(H,25,26)(H2,22,27,29). The molecule has 2 aromatic carbocycles. The molecule has 0 unspecified atom stereocenters. The monoisotopic (exact) mass is 407 g/mol. The Bertz CT molecular complexity index is 1330. The Kier molecular flexibility index (Phi) is 4.48. The first kappa shape index (κ1) is 18.6. The zero-order valence-electron chi connectivity index (χ0n) is 14.7. The maximum Gasteiger partial charge on any atom is 0.336 e. The molecule has 2 aromatic rings. The number of carboxylic acid groups (broad SMARTS) is 1. The van der Waals surface area contributed by atoms with Gasteiger partial charge in [0.2, 0.25) is 0 Å². The van der Waals surface area contributed by atoms with E-state index in [0.717, 1.165) is 0 Å². The highest BCUT2D eigenvalue weighted by Crippen LogP contribution is 2.42. The number of amides is 1. The van der Waals surface area contributed by atoms with Gasteiger partial charge in [0.1, 0.15) is 17.1 Å². The summed E-state index contributed by atoms with van der Waals surface area (Å²) in [6.45, 7) is 0. The molecule has 0 saturated carbocycles. The van der Waals surface area contributed by atoms with Crippen molar-refractivity contribution in [3.05, 3.63) is 70.4 Å². The Morgan fingerprint density at radius 1 is 0.966 bits per heavy atom. The van der Waals surface area contributed by atoms with Crippen LogP contribution in [0.15, 0.2) is 63.8 Å². The average Bonchev–Trinajstić information content (AvgIpc) is 2.65.